The fraction of sp³-hybridized carbons (Fsp3) is 0.167. The van der Waals surface area contributed by atoms with Gasteiger partial charge in [-0.25, -0.2) is 13.6 Å². The van der Waals surface area contributed by atoms with Gasteiger partial charge >= 0.3 is 5.63 Å². The Bertz CT molecular complexity index is 697. The first kappa shape index (κ1) is 13.2. The van der Waals surface area contributed by atoms with Gasteiger partial charge in [0, 0.05) is 25.2 Å². The van der Waals surface area contributed by atoms with Crippen LogP contribution in [-0.2, 0) is 0 Å². The molecule has 0 saturated heterocycles. The third-order valence-electron chi connectivity index (χ3n) is 2.44. The Morgan fingerprint density at radius 2 is 2.05 bits per heavy atom. The molecule has 7 heteroatoms. The number of nitrogens with one attached hydrogen (secondary N) is 1. The number of nitrogens with two attached hydrogens (primary N) is 1. The number of hydrogen-bond acceptors (Lipinski definition) is 4. The van der Waals surface area contributed by atoms with Gasteiger partial charge in [0.05, 0.1) is 5.39 Å². The maximum atomic E-state index is 13.5. The van der Waals surface area contributed by atoms with Gasteiger partial charge in [-0.1, -0.05) is 0 Å². The lowest BCUT2D eigenvalue weighted by atomic mass is 10.1. The van der Waals surface area contributed by atoms with E-state index in [-0.39, 0.29) is 29.6 Å². The van der Waals surface area contributed by atoms with Crippen molar-refractivity contribution in [2.24, 2.45) is 5.73 Å². The Morgan fingerprint density at radius 1 is 1.32 bits per heavy atom. The summed E-state index contributed by atoms with van der Waals surface area (Å²) in [6, 6.07) is 2.55. The highest BCUT2D eigenvalue weighted by molar-refractivity contribution is 5.96. The molecule has 19 heavy (non-hydrogen) atoms. The summed E-state index contributed by atoms with van der Waals surface area (Å²) >= 11 is 0. The number of halogens is 2. The topological polar surface area (TPSA) is 85.3 Å². The average molecular weight is 268 g/mol. The quantitative estimate of drug-likeness (QED) is 0.805. The lowest BCUT2D eigenvalue weighted by molar-refractivity contribution is 0.0951. The summed E-state index contributed by atoms with van der Waals surface area (Å²) < 4.78 is 31.2. The van der Waals surface area contributed by atoms with Crippen LogP contribution in [-0.4, -0.2) is 19.0 Å². The van der Waals surface area contributed by atoms with Crippen LogP contribution in [0.15, 0.2) is 27.4 Å². The molecule has 0 fully saturated rings. The van der Waals surface area contributed by atoms with Crippen LogP contribution in [0.5, 0.6) is 0 Å². The van der Waals surface area contributed by atoms with E-state index in [9.17, 15) is 18.4 Å². The maximum absolute atomic E-state index is 13.5. The van der Waals surface area contributed by atoms with Crippen LogP contribution >= 0.6 is 0 Å². The highest BCUT2D eigenvalue weighted by atomic mass is 19.1. The normalized spacial score (nSPS) is 10.7. The lowest BCUT2D eigenvalue weighted by Crippen LogP contribution is -2.32. The maximum Gasteiger partial charge on any atom is 0.349 e. The van der Waals surface area contributed by atoms with Gasteiger partial charge in [-0.05, 0) is 6.07 Å². The number of amides is 1. The number of carbonyl (C=O) groups is 1. The van der Waals surface area contributed by atoms with Crippen LogP contribution in [0, 0.1) is 11.6 Å². The molecule has 0 radical (unpaired) electrons. The van der Waals surface area contributed by atoms with E-state index in [2.05, 4.69) is 5.32 Å². The molecule has 0 unspecified atom stereocenters. The van der Waals surface area contributed by atoms with E-state index in [4.69, 9.17) is 10.2 Å². The van der Waals surface area contributed by atoms with Crippen molar-refractivity contribution >= 4 is 16.9 Å². The van der Waals surface area contributed by atoms with Crippen molar-refractivity contribution in [2.75, 3.05) is 13.1 Å². The van der Waals surface area contributed by atoms with Crippen LogP contribution in [0.25, 0.3) is 11.0 Å². The second-order valence-electron chi connectivity index (χ2n) is 3.79. The first-order valence-electron chi connectivity index (χ1n) is 5.44. The zero-order valence-corrected chi connectivity index (χ0v) is 9.70. The Labute approximate surface area is 106 Å². The minimum absolute atomic E-state index is 0.140. The van der Waals surface area contributed by atoms with Crippen LogP contribution < -0.4 is 16.7 Å². The Balaban J connectivity index is 2.55. The summed E-state index contributed by atoms with van der Waals surface area (Å²) in [5.74, 6) is -2.50. The first-order chi connectivity index (χ1) is 9.02. The summed E-state index contributed by atoms with van der Waals surface area (Å²) in [6.07, 6.45) is 0. The van der Waals surface area contributed by atoms with Crippen LogP contribution in [0.4, 0.5) is 8.78 Å². The second-order valence-corrected chi connectivity index (χ2v) is 3.79. The van der Waals surface area contributed by atoms with Gasteiger partial charge in [-0.3, -0.25) is 4.79 Å². The predicted octanol–water partition coefficient (Wildman–Crippen LogP) is 0.760. The number of fused-ring (bicyclic) bond motifs is 1. The molecule has 2 rings (SSSR count). The third kappa shape index (κ3) is 2.60. The van der Waals surface area contributed by atoms with Crippen molar-refractivity contribution in [2.45, 2.75) is 0 Å². The fourth-order valence-electron chi connectivity index (χ4n) is 1.58. The molecular weight excluding hydrogens is 258 g/mol. The molecule has 1 amide bonds. The van der Waals surface area contributed by atoms with Gasteiger partial charge in [0.2, 0.25) is 0 Å². The molecule has 1 heterocycles. The molecule has 1 aromatic carbocycles. The first-order valence-corrected chi connectivity index (χ1v) is 5.44. The van der Waals surface area contributed by atoms with Crippen molar-refractivity contribution in [1.29, 1.82) is 0 Å². The van der Waals surface area contributed by atoms with Crippen molar-refractivity contribution in [1.82, 2.24) is 5.32 Å². The molecule has 0 aliphatic carbocycles. The van der Waals surface area contributed by atoms with E-state index in [1.807, 2.05) is 0 Å². The van der Waals surface area contributed by atoms with Crippen LogP contribution in [0.1, 0.15) is 10.4 Å². The Hall–Kier alpha value is -2.28. The molecule has 1 aromatic heterocycles. The largest absolute Gasteiger partial charge is 0.422 e. The third-order valence-corrected chi connectivity index (χ3v) is 2.44. The number of carbonyl (C=O) groups excluding carboxylic acids is 1. The van der Waals surface area contributed by atoms with Crippen molar-refractivity contribution in [3.8, 4) is 0 Å². The molecule has 0 aliphatic rings. The summed E-state index contributed by atoms with van der Waals surface area (Å²) in [6.45, 7) is 0.367. The summed E-state index contributed by atoms with van der Waals surface area (Å²) in [5.41, 5.74) is 3.63. The highest BCUT2D eigenvalue weighted by Gasteiger charge is 2.15. The lowest BCUT2D eigenvalue weighted by Gasteiger charge is -2.04. The number of benzene rings is 1. The molecule has 0 aliphatic heterocycles. The minimum atomic E-state index is -0.966. The van der Waals surface area contributed by atoms with E-state index in [0.29, 0.717) is 6.07 Å². The smallest absolute Gasteiger partial charge is 0.349 e. The molecule has 2 aromatic rings. The van der Waals surface area contributed by atoms with Gasteiger partial charge in [0.25, 0.3) is 5.91 Å². The van der Waals surface area contributed by atoms with E-state index >= 15 is 0 Å². The number of rotatable bonds is 3. The molecule has 5 nitrogen and oxygen atoms in total. The summed E-state index contributed by atoms with van der Waals surface area (Å²) in [4.78, 5) is 23.2. The zero-order chi connectivity index (χ0) is 14.0. The van der Waals surface area contributed by atoms with E-state index < -0.39 is 23.2 Å². The van der Waals surface area contributed by atoms with Gasteiger partial charge in [0.1, 0.15) is 22.8 Å². The molecule has 0 atom stereocenters. The van der Waals surface area contributed by atoms with Gasteiger partial charge < -0.3 is 15.5 Å². The summed E-state index contributed by atoms with van der Waals surface area (Å²) in [5, 5.41) is 2.22. The van der Waals surface area contributed by atoms with E-state index in [0.717, 1.165) is 12.1 Å². The Kier molecular flexibility index (Phi) is 3.57. The van der Waals surface area contributed by atoms with Gasteiger partial charge in [-0.15, -0.1) is 0 Å². The standard InChI is InChI=1S/C12H10F2N2O3/c13-6-3-9(14)7-5-8(11(17)16-2-1-15)12(18)19-10(7)4-6/h3-5H,1-2,15H2,(H,16,17). The fourth-order valence-corrected chi connectivity index (χ4v) is 1.58. The number of hydrogen-bond donors (Lipinski definition) is 2. The van der Waals surface area contributed by atoms with Crippen LogP contribution in [0.3, 0.4) is 0 Å². The molecule has 0 saturated carbocycles. The van der Waals surface area contributed by atoms with Gasteiger partial charge in [0.15, 0.2) is 0 Å². The molecule has 0 spiro atoms. The van der Waals surface area contributed by atoms with E-state index in [1.54, 1.807) is 0 Å². The second kappa shape index (κ2) is 5.15. The predicted molar refractivity (Wildman–Crippen MR) is 63.8 cm³/mol. The van der Waals surface area contributed by atoms with Crippen molar-refractivity contribution < 1.29 is 18.0 Å². The molecule has 3 N–H and O–H groups in total. The van der Waals surface area contributed by atoms with E-state index in [1.165, 1.54) is 0 Å². The Morgan fingerprint density at radius 3 is 2.74 bits per heavy atom. The monoisotopic (exact) mass is 268 g/mol. The highest BCUT2D eigenvalue weighted by Crippen LogP contribution is 2.19. The summed E-state index contributed by atoms with van der Waals surface area (Å²) in [7, 11) is 0. The van der Waals surface area contributed by atoms with Crippen molar-refractivity contribution in [3.05, 3.63) is 45.8 Å². The molecule has 0 bridgehead atoms. The van der Waals surface area contributed by atoms with Crippen LogP contribution in [0.2, 0.25) is 0 Å². The molecule has 100 valence electrons. The SMILES string of the molecule is NCCNC(=O)c1cc2c(F)cc(F)cc2oc1=O. The minimum Gasteiger partial charge on any atom is -0.422 e. The average Bonchev–Trinajstić information content (AvgIpc) is 2.34. The van der Waals surface area contributed by atoms with Crippen molar-refractivity contribution in [3.63, 3.8) is 0 Å². The molecular formula is C12H10F2N2O3. The zero-order valence-electron chi connectivity index (χ0n) is 9.70. The van der Waals surface area contributed by atoms with Gasteiger partial charge in [-0.2, -0.15) is 0 Å².